The van der Waals surface area contributed by atoms with Gasteiger partial charge in [0.1, 0.15) is 19.0 Å². The van der Waals surface area contributed by atoms with Crippen molar-refractivity contribution in [1.29, 1.82) is 0 Å². The number of benzene rings is 3. The Hall–Kier alpha value is -3.96. The summed E-state index contributed by atoms with van der Waals surface area (Å²) in [6.45, 7) is 0.413. The van der Waals surface area contributed by atoms with Crippen LogP contribution in [-0.2, 0) is 6.54 Å². The summed E-state index contributed by atoms with van der Waals surface area (Å²) in [5.74, 6) is 0.718. The summed E-state index contributed by atoms with van der Waals surface area (Å²) in [6, 6.07) is 18.4. The van der Waals surface area contributed by atoms with E-state index >= 15 is 0 Å². The SMILES string of the molecule is O=C1c2c(NCc3nc(F)nc(OCCOc4ccccc4)n3)ccc(Br)c2-c2nsc3cccc1c23. The molecule has 6 rings (SSSR count). The topological polar surface area (TPSA) is 99.1 Å². The molecule has 0 atom stereocenters. The van der Waals surface area contributed by atoms with Gasteiger partial charge in [0.05, 0.1) is 22.5 Å². The number of nitrogens with one attached hydrogen (secondary N) is 1. The average molecular weight is 578 g/mol. The monoisotopic (exact) mass is 577 g/mol. The Morgan fingerprint density at radius 1 is 0.919 bits per heavy atom. The molecule has 0 aliphatic heterocycles. The molecule has 184 valence electrons. The van der Waals surface area contributed by atoms with E-state index in [-0.39, 0.29) is 37.4 Å². The second-order valence-corrected chi connectivity index (χ2v) is 9.71. The summed E-state index contributed by atoms with van der Waals surface area (Å²) in [5.41, 5.74) is 3.15. The molecule has 2 heterocycles. The van der Waals surface area contributed by atoms with E-state index in [0.717, 1.165) is 25.8 Å². The number of hydrogen-bond acceptors (Lipinski definition) is 9. The number of para-hydroxylation sites is 1. The molecule has 0 fully saturated rings. The molecule has 37 heavy (non-hydrogen) atoms. The van der Waals surface area contributed by atoms with Gasteiger partial charge in [0.25, 0.3) is 0 Å². The normalized spacial score (nSPS) is 11.9. The summed E-state index contributed by atoms with van der Waals surface area (Å²) in [4.78, 5) is 25.1. The first kappa shape index (κ1) is 23.4. The number of rotatable bonds is 8. The Morgan fingerprint density at radius 2 is 1.76 bits per heavy atom. The lowest BCUT2D eigenvalue weighted by molar-refractivity contribution is 0.104. The molecular weight excluding hydrogens is 561 g/mol. The molecule has 3 aromatic carbocycles. The van der Waals surface area contributed by atoms with Gasteiger partial charge in [-0.25, -0.2) is 0 Å². The molecule has 5 aromatic rings. The van der Waals surface area contributed by atoms with E-state index in [9.17, 15) is 9.18 Å². The molecule has 0 bridgehead atoms. The maximum atomic E-state index is 14.1. The highest BCUT2D eigenvalue weighted by molar-refractivity contribution is 9.10. The van der Waals surface area contributed by atoms with E-state index in [4.69, 9.17) is 9.47 Å². The first-order valence-corrected chi connectivity index (χ1v) is 12.9. The van der Waals surface area contributed by atoms with Crippen molar-refractivity contribution in [2.75, 3.05) is 18.5 Å². The smallest absolute Gasteiger partial charge is 0.322 e. The van der Waals surface area contributed by atoms with Crippen LogP contribution in [0.5, 0.6) is 11.8 Å². The minimum absolute atomic E-state index is 0.0474. The molecule has 1 N–H and O–H groups in total. The van der Waals surface area contributed by atoms with Crippen LogP contribution in [0, 0.1) is 6.08 Å². The number of hydrogen-bond donors (Lipinski definition) is 1. The van der Waals surface area contributed by atoms with Crippen molar-refractivity contribution in [3.8, 4) is 23.0 Å². The maximum Gasteiger partial charge on any atom is 0.322 e. The van der Waals surface area contributed by atoms with Crippen LogP contribution < -0.4 is 14.8 Å². The van der Waals surface area contributed by atoms with Gasteiger partial charge in [-0.1, -0.05) is 46.3 Å². The maximum absolute atomic E-state index is 14.1. The molecule has 8 nitrogen and oxygen atoms in total. The van der Waals surface area contributed by atoms with Crippen molar-refractivity contribution in [3.05, 3.63) is 88.2 Å². The number of aromatic nitrogens is 4. The van der Waals surface area contributed by atoms with Crippen molar-refractivity contribution in [2.45, 2.75) is 6.54 Å². The third kappa shape index (κ3) is 4.51. The Labute approximate surface area is 222 Å². The van der Waals surface area contributed by atoms with Crippen molar-refractivity contribution in [3.63, 3.8) is 0 Å². The van der Waals surface area contributed by atoms with Crippen LogP contribution in [0.3, 0.4) is 0 Å². The van der Waals surface area contributed by atoms with Gasteiger partial charge in [-0.05, 0) is 41.9 Å². The highest BCUT2D eigenvalue weighted by Crippen LogP contribution is 2.46. The number of halogens is 2. The van der Waals surface area contributed by atoms with Crippen molar-refractivity contribution in [2.24, 2.45) is 0 Å². The van der Waals surface area contributed by atoms with Gasteiger partial charge in [0.2, 0.25) is 0 Å². The number of fused-ring (bicyclic) bond motifs is 2. The quantitative estimate of drug-likeness (QED) is 0.231. The lowest BCUT2D eigenvalue weighted by Gasteiger charge is -2.20. The van der Waals surface area contributed by atoms with Gasteiger partial charge in [0, 0.05) is 26.7 Å². The van der Waals surface area contributed by atoms with E-state index in [1.165, 1.54) is 11.5 Å². The Bertz CT molecular complexity index is 1650. The molecular formula is C26H17BrFN5O3S. The third-order valence-electron chi connectivity index (χ3n) is 5.76. The first-order chi connectivity index (χ1) is 18.1. The van der Waals surface area contributed by atoms with Crippen molar-refractivity contribution >= 4 is 49.0 Å². The molecule has 11 heteroatoms. The molecule has 0 saturated carbocycles. The predicted molar refractivity (Wildman–Crippen MR) is 141 cm³/mol. The molecule has 0 spiro atoms. The van der Waals surface area contributed by atoms with Gasteiger partial charge >= 0.3 is 12.1 Å². The molecule has 2 aromatic heterocycles. The fraction of sp³-hybridized carbons (Fsp3) is 0.115. The van der Waals surface area contributed by atoms with Crippen LogP contribution >= 0.6 is 27.5 Å². The standard InChI is InChI=1S/C26H17BrFN5O3S/c27-16-9-10-17(22-21(16)23-20-15(24(22)34)7-4-8-18(20)37-33-23)29-13-19-30-25(28)32-26(31-19)36-12-11-35-14-5-2-1-3-6-14/h1-10,29H,11-13H2. The number of ketones is 1. The van der Waals surface area contributed by atoms with E-state index in [2.05, 4.69) is 40.6 Å². The number of ether oxygens (including phenoxy) is 2. The first-order valence-electron chi connectivity index (χ1n) is 11.3. The molecule has 0 amide bonds. The largest absolute Gasteiger partial charge is 0.490 e. The van der Waals surface area contributed by atoms with E-state index in [1.54, 1.807) is 6.07 Å². The van der Waals surface area contributed by atoms with Gasteiger partial charge in [-0.2, -0.15) is 18.7 Å². The molecule has 0 radical (unpaired) electrons. The van der Waals surface area contributed by atoms with Gasteiger partial charge < -0.3 is 14.8 Å². The zero-order chi connectivity index (χ0) is 25.4. The van der Waals surface area contributed by atoms with Crippen molar-refractivity contribution in [1.82, 2.24) is 19.3 Å². The fourth-order valence-electron chi connectivity index (χ4n) is 4.18. The second-order valence-electron chi connectivity index (χ2n) is 8.05. The van der Waals surface area contributed by atoms with E-state index in [1.807, 2.05) is 54.6 Å². The number of carbonyl (C=O) groups excluding carboxylic acids is 1. The van der Waals surface area contributed by atoms with Crippen LogP contribution in [-0.4, -0.2) is 38.3 Å². The van der Waals surface area contributed by atoms with Crippen LogP contribution in [0.2, 0.25) is 0 Å². The van der Waals surface area contributed by atoms with E-state index < -0.39 is 6.08 Å². The summed E-state index contributed by atoms with van der Waals surface area (Å²) < 4.78 is 31.5. The number of nitrogens with zero attached hydrogens (tertiary/aromatic N) is 4. The molecule has 0 unspecified atom stereocenters. The minimum Gasteiger partial charge on any atom is -0.490 e. The lowest BCUT2D eigenvalue weighted by atomic mass is 9.86. The number of anilines is 1. The van der Waals surface area contributed by atoms with E-state index in [0.29, 0.717) is 22.6 Å². The highest BCUT2D eigenvalue weighted by atomic mass is 79.9. The zero-order valence-electron chi connectivity index (χ0n) is 19.1. The summed E-state index contributed by atoms with van der Waals surface area (Å²) in [6.07, 6.45) is -0.960. The third-order valence-corrected chi connectivity index (χ3v) is 7.23. The Balaban J connectivity index is 1.20. The van der Waals surface area contributed by atoms with Crippen LogP contribution in [0.25, 0.3) is 21.3 Å². The van der Waals surface area contributed by atoms with Gasteiger partial charge in [-0.15, -0.1) is 4.98 Å². The van der Waals surface area contributed by atoms with Gasteiger partial charge in [0.15, 0.2) is 11.6 Å². The minimum atomic E-state index is -0.960. The predicted octanol–water partition coefficient (Wildman–Crippen LogP) is 5.66. The lowest BCUT2D eigenvalue weighted by Crippen LogP contribution is -2.16. The van der Waals surface area contributed by atoms with Crippen LogP contribution in [0.4, 0.5) is 10.1 Å². The molecule has 1 aliphatic rings. The Kier molecular flexibility index (Phi) is 6.23. The molecule has 1 aliphatic carbocycles. The molecule has 0 saturated heterocycles. The average Bonchev–Trinajstić information content (AvgIpc) is 3.34. The summed E-state index contributed by atoms with van der Waals surface area (Å²) >= 11 is 4.94. The zero-order valence-corrected chi connectivity index (χ0v) is 21.5. The second kappa shape index (κ2) is 9.83. The van der Waals surface area contributed by atoms with Crippen LogP contribution in [0.1, 0.15) is 21.7 Å². The summed E-state index contributed by atoms with van der Waals surface area (Å²) in [5, 5.41) is 4.04. The van der Waals surface area contributed by atoms with Crippen molar-refractivity contribution < 1.29 is 18.7 Å². The van der Waals surface area contributed by atoms with Crippen LogP contribution in [0.15, 0.2) is 65.1 Å². The number of carbonyl (C=O) groups is 1. The highest BCUT2D eigenvalue weighted by Gasteiger charge is 2.31. The summed E-state index contributed by atoms with van der Waals surface area (Å²) in [7, 11) is 0. The van der Waals surface area contributed by atoms with Gasteiger partial charge in [-0.3, -0.25) is 4.79 Å². The fourth-order valence-corrected chi connectivity index (χ4v) is 5.50. The Morgan fingerprint density at radius 3 is 2.62 bits per heavy atom.